The zero-order valence-corrected chi connectivity index (χ0v) is 11.6. The van der Waals surface area contributed by atoms with Crippen LogP contribution in [-0.4, -0.2) is 19.7 Å². The molecule has 0 aliphatic heterocycles. The lowest BCUT2D eigenvalue weighted by atomic mass is 10.2. The zero-order valence-electron chi connectivity index (χ0n) is 11.6. The number of fused-ring (bicyclic) bond motifs is 1. The molecule has 0 aliphatic carbocycles. The summed E-state index contributed by atoms with van der Waals surface area (Å²) in [6.07, 6.45) is 1.60. The number of hydrogen-bond donors (Lipinski definition) is 1. The number of nitrogen functional groups attached to an aromatic ring is 1. The van der Waals surface area contributed by atoms with Gasteiger partial charge in [-0.15, -0.1) is 0 Å². The van der Waals surface area contributed by atoms with Gasteiger partial charge in [-0.2, -0.15) is 4.98 Å². The van der Waals surface area contributed by atoms with Gasteiger partial charge in [0.1, 0.15) is 5.82 Å². The standard InChI is InChI=1S/C14H17N5O/c1-3-14-17-11-8-10(15)4-5-12(11)19(14)7-6-13-16-9(2)20-18-13/h4-5,8H,3,6-7,15H2,1-2H3. The van der Waals surface area contributed by atoms with Crippen LogP contribution in [0.1, 0.15) is 24.5 Å². The van der Waals surface area contributed by atoms with Crippen molar-refractivity contribution in [2.75, 3.05) is 5.73 Å². The number of nitrogens with zero attached hydrogens (tertiary/aromatic N) is 4. The molecule has 104 valence electrons. The Labute approximate surface area is 116 Å². The topological polar surface area (TPSA) is 82.8 Å². The van der Waals surface area contributed by atoms with Gasteiger partial charge in [-0.3, -0.25) is 0 Å². The van der Waals surface area contributed by atoms with E-state index < -0.39 is 0 Å². The van der Waals surface area contributed by atoms with E-state index in [2.05, 4.69) is 26.6 Å². The molecule has 2 aromatic heterocycles. The summed E-state index contributed by atoms with van der Waals surface area (Å²) < 4.78 is 7.19. The van der Waals surface area contributed by atoms with Gasteiger partial charge in [-0.25, -0.2) is 4.98 Å². The molecule has 0 fully saturated rings. The normalized spacial score (nSPS) is 11.3. The minimum absolute atomic E-state index is 0.596. The highest BCUT2D eigenvalue weighted by Gasteiger charge is 2.11. The molecule has 1 aromatic carbocycles. The second-order valence-corrected chi connectivity index (χ2v) is 4.76. The summed E-state index contributed by atoms with van der Waals surface area (Å²) in [5.41, 5.74) is 8.58. The average molecular weight is 271 g/mol. The van der Waals surface area contributed by atoms with Gasteiger partial charge in [0.2, 0.25) is 5.89 Å². The van der Waals surface area contributed by atoms with Gasteiger partial charge in [-0.05, 0) is 18.2 Å². The molecule has 0 aliphatic rings. The van der Waals surface area contributed by atoms with E-state index in [1.165, 1.54) is 0 Å². The first-order valence-electron chi connectivity index (χ1n) is 6.71. The summed E-state index contributed by atoms with van der Waals surface area (Å²) in [4.78, 5) is 8.86. The number of anilines is 1. The summed E-state index contributed by atoms with van der Waals surface area (Å²) in [6, 6.07) is 5.82. The smallest absolute Gasteiger partial charge is 0.223 e. The fraction of sp³-hybridized carbons (Fsp3) is 0.357. The summed E-state index contributed by atoms with van der Waals surface area (Å²) in [7, 11) is 0. The molecule has 0 amide bonds. The molecule has 0 saturated heterocycles. The third kappa shape index (κ3) is 2.24. The van der Waals surface area contributed by atoms with Crippen molar-refractivity contribution in [3.05, 3.63) is 35.7 Å². The van der Waals surface area contributed by atoms with Crippen LogP contribution < -0.4 is 5.73 Å². The zero-order chi connectivity index (χ0) is 14.1. The Hall–Kier alpha value is -2.37. The van der Waals surface area contributed by atoms with Crippen molar-refractivity contribution in [3.8, 4) is 0 Å². The monoisotopic (exact) mass is 271 g/mol. The van der Waals surface area contributed by atoms with Crippen LogP contribution >= 0.6 is 0 Å². The van der Waals surface area contributed by atoms with E-state index in [0.717, 1.165) is 47.8 Å². The Kier molecular flexibility index (Phi) is 3.14. The van der Waals surface area contributed by atoms with Crippen LogP contribution in [0.4, 0.5) is 5.69 Å². The molecule has 3 rings (SSSR count). The maximum atomic E-state index is 5.81. The van der Waals surface area contributed by atoms with Gasteiger partial charge in [0.15, 0.2) is 5.82 Å². The van der Waals surface area contributed by atoms with Crippen LogP contribution in [0.2, 0.25) is 0 Å². The number of hydrogen-bond acceptors (Lipinski definition) is 5. The van der Waals surface area contributed by atoms with Gasteiger partial charge in [0.05, 0.1) is 11.0 Å². The fourth-order valence-corrected chi connectivity index (χ4v) is 2.37. The Bertz CT molecular complexity index is 743. The molecule has 6 heteroatoms. The van der Waals surface area contributed by atoms with E-state index in [4.69, 9.17) is 10.3 Å². The Morgan fingerprint density at radius 3 is 2.85 bits per heavy atom. The Balaban J connectivity index is 1.93. The number of aromatic nitrogens is 4. The summed E-state index contributed by atoms with van der Waals surface area (Å²) in [5, 5.41) is 3.93. The van der Waals surface area contributed by atoms with Crippen molar-refractivity contribution in [3.63, 3.8) is 0 Å². The molecule has 20 heavy (non-hydrogen) atoms. The van der Waals surface area contributed by atoms with Crippen molar-refractivity contribution in [1.29, 1.82) is 0 Å². The first-order valence-corrected chi connectivity index (χ1v) is 6.71. The lowest BCUT2D eigenvalue weighted by molar-refractivity contribution is 0.386. The van der Waals surface area contributed by atoms with Gasteiger partial charge in [0.25, 0.3) is 0 Å². The van der Waals surface area contributed by atoms with Crippen molar-refractivity contribution in [2.24, 2.45) is 0 Å². The largest absolute Gasteiger partial charge is 0.399 e. The van der Waals surface area contributed by atoms with E-state index in [0.29, 0.717) is 5.89 Å². The van der Waals surface area contributed by atoms with Gasteiger partial charge >= 0.3 is 0 Å². The molecular weight excluding hydrogens is 254 g/mol. The van der Waals surface area contributed by atoms with E-state index in [9.17, 15) is 0 Å². The lowest BCUT2D eigenvalue weighted by Gasteiger charge is -2.06. The minimum Gasteiger partial charge on any atom is -0.399 e. The van der Waals surface area contributed by atoms with Crippen molar-refractivity contribution in [1.82, 2.24) is 19.7 Å². The third-order valence-electron chi connectivity index (χ3n) is 3.30. The Morgan fingerprint density at radius 2 is 2.15 bits per heavy atom. The maximum Gasteiger partial charge on any atom is 0.223 e. The molecule has 0 atom stereocenters. The van der Waals surface area contributed by atoms with Crippen LogP contribution in [-0.2, 0) is 19.4 Å². The fourth-order valence-electron chi connectivity index (χ4n) is 2.37. The highest BCUT2D eigenvalue weighted by atomic mass is 16.5. The van der Waals surface area contributed by atoms with Crippen LogP contribution in [0.3, 0.4) is 0 Å². The summed E-state index contributed by atoms with van der Waals surface area (Å²) >= 11 is 0. The van der Waals surface area contributed by atoms with Gasteiger partial charge in [0, 0.05) is 32.0 Å². The van der Waals surface area contributed by atoms with Crippen molar-refractivity contribution < 1.29 is 4.52 Å². The quantitative estimate of drug-likeness (QED) is 0.735. The third-order valence-corrected chi connectivity index (χ3v) is 3.30. The first kappa shape index (κ1) is 12.7. The Morgan fingerprint density at radius 1 is 1.30 bits per heavy atom. The first-order chi connectivity index (χ1) is 9.67. The van der Waals surface area contributed by atoms with Crippen LogP contribution in [0, 0.1) is 6.92 Å². The predicted octanol–water partition coefficient (Wildman–Crippen LogP) is 2.12. The van der Waals surface area contributed by atoms with E-state index in [1.807, 2.05) is 18.2 Å². The molecule has 0 bridgehead atoms. The van der Waals surface area contributed by atoms with Crippen molar-refractivity contribution >= 4 is 16.7 Å². The molecule has 0 radical (unpaired) electrons. The van der Waals surface area contributed by atoms with Gasteiger partial charge in [-0.1, -0.05) is 12.1 Å². The van der Waals surface area contributed by atoms with Crippen LogP contribution in [0.15, 0.2) is 22.7 Å². The second kappa shape index (κ2) is 4.96. The number of rotatable bonds is 4. The van der Waals surface area contributed by atoms with E-state index >= 15 is 0 Å². The van der Waals surface area contributed by atoms with E-state index in [-0.39, 0.29) is 0 Å². The lowest BCUT2D eigenvalue weighted by Crippen LogP contribution is -2.06. The minimum atomic E-state index is 0.596. The van der Waals surface area contributed by atoms with Crippen molar-refractivity contribution in [2.45, 2.75) is 33.2 Å². The molecule has 6 nitrogen and oxygen atoms in total. The van der Waals surface area contributed by atoms with Gasteiger partial charge < -0.3 is 14.8 Å². The summed E-state index contributed by atoms with van der Waals surface area (Å²) in [5.74, 6) is 2.37. The number of imidazole rings is 1. The summed E-state index contributed by atoms with van der Waals surface area (Å²) in [6.45, 7) is 4.67. The number of nitrogens with two attached hydrogens (primary N) is 1. The second-order valence-electron chi connectivity index (χ2n) is 4.76. The molecule has 2 heterocycles. The number of benzene rings is 1. The van der Waals surface area contributed by atoms with E-state index in [1.54, 1.807) is 6.92 Å². The molecule has 2 N–H and O–H groups in total. The highest BCUT2D eigenvalue weighted by Crippen LogP contribution is 2.20. The molecule has 0 saturated carbocycles. The molecule has 0 unspecified atom stereocenters. The van der Waals surface area contributed by atoms with Crippen LogP contribution in [0.25, 0.3) is 11.0 Å². The predicted molar refractivity (Wildman–Crippen MR) is 76.3 cm³/mol. The number of aryl methyl sites for hydroxylation is 4. The maximum absolute atomic E-state index is 5.81. The average Bonchev–Trinajstić information content (AvgIpc) is 2.99. The highest BCUT2D eigenvalue weighted by molar-refractivity contribution is 5.79. The molecule has 3 aromatic rings. The molecule has 0 spiro atoms. The SMILES string of the molecule is CCc1nc2cc(N)ccc2n1CCc1noc(C)n1. The molecular formula is C14H17N5O. The van der Waals surface area contributed by atoms with Crippen LogP contribution in [0.5, 0.6) is 0 Å².